The molecule has 1 atom stereocenters. The summed E-state index contributed by atoms with van der Waals surface area (Å²) < 4.78 is 5.57. The van der Waals surface area contributed by atoms with E-state index in [1.165, 1.54) is 0 Å². The topological polar surface area (TPSA) is 61.5 Å². The molecule has 1 amide bonds. The van der Waals surface area contributed by atoms with Crippen LogP contribution in [0.15, 0.2) is 12.3 Å². The van der Waals surface area contributed by atoms with Crippen molar-refractivity contribution >= 4 is 5.91 Å². The molecule has 0 radical (unpaired) electrons. The Bertz CT molecular complexity index is 480. The highest BCUT2D eigenvalue weighted by Gasteiger charge is 2.35. The molecule has 6 heteroatoms. The maximum Gasteiger partial charge on any atom is 0.226 e. The third kappa shape index (κ3) is 3.17. The minimum Gasteiger partial charge on any atom is -0.377 e. The number of H-pyrrole nitrogens is 1. The molecule has 3 rings (SSSR count). The van der Waals surface area contributed by atoms with Crippen molar-refractivity contribution in [3.63, 3.8) is 0 Å². The van der Waals surface area contributed by atoms with Gasteiger partial charge >= 0.3 is 0 Å². The van der Waals surface area contributed by atoms with Crippen LogP contribution in [-0.4, -0.2) is 64.8 Å². The van der Waals surface area contributed by atoms with Crippen molar-refractivity contribution in [2.45, 2.75) is 38.8 Å². The third-order valence-electron chi connectivity index (χ3n) is 4.90. The van der Waals surface area contributed by atoms with Crippen molar-refractivity contribution in [1.29, 1.82) is 0 Å². The first-order valence-electron chi connectivity index (χ1n) is 8.28. The number of aromatic nitrogens is 2. The molecule has 3 heterocycles. The Morgan fingerprint density at radius 2 is 2.14 bits per heavy atom. The molecule has 0 unspecified atom stereocenters. The van der Waals surface area contributed by atoms with E-state index in [1.54, 1.807) is 6.20 Å². The van der Waals surface area contributed by atoms with E-state index in [2.05, 4.69) is 28.9 Å². The normalized spacial score (nSPS) is 24.9. The molecule has 2 aliphatic rings. The number of nitrogens with one attached hydrogen (secondary N) is 1. The highest BCUT2D eigenvalue weighted by molar-refractivity contribution is 5.79. The summed E-state index contributed by atoms with van der Waals surface area (Å²) >= 11 is 0. The molecule has 22 heavy (non-hydrogen) atoms. The van der Waals surface area contributed by atoms with Crippen molar-refractivity contribution in [1.82, 2.24) is 20.0 Å². The van der Waals surface area contributed by atoms with Crippen LogP contribution < -0.4 is 0 Å². The SMILES string of the molecule is CC(C)N1CCC(C(=O)N2CCOC[C@@H]2c2ccn[nH]2)CC1. The number of carbonyl (C=O) groups is 1. The zero-order chi connectivity index (χ0) is 15.5. The van der Waals surface area contributed by atoms with Crippen molar-refractivity contribution in [3.05, 3.63) is 18.0 Å². The second-order valence-electron chi connectivity index (χ2n) is 6.54. The average molecular weight is 306 g/mol. The molecule has 122 valence electrons. The zero-order valence-corrected chi connectivity index (χ0v) is 13.5. The number of piperidine rings is 1. The summed E-state index contributed by atoms with van der Waals surface area (Å²) in [4.78, 5) is 17.4. The molecule has 0 saturated carbocycles. The van der Waals surface area contributed by atoms with E-state index in [4.69, 9.17) is 4.74 Å². The second kappa shape index (κ2) is 6.79. The van der Waals surface area contributed by atoms with Gasteiger partial charge in [0, 0.05) is 24.7 Å². The van der Waals surface area contributed by atoms with Crippen LogP contribution in [0.1, 0.15) is 38.4 Å². The van der Waals surface area contributed by atoms with Gasteiger partial charge in [-0.25, -0.2) is 0 Å². The van der Waals surface area contributed by atoms with E-state index >= 15 is 0 Å². The van der Waals surface area contributed by atoms with Gasteiger partial charge in [0.2, 0.25) is 5.91 Å². The maximum absolute atomic E-state index is 13.0. The highest BCUT2D eigenvalue weighted by atomic mass is 16.5. The minimum atomic E-state index is -0.0214. The van der Waals surface area contributed by atoms with Crippen LogP contribution >= 0.6 is 0 Å². The molecule has 0 bridgehead atoms. The van der Waals surface area contributed by atoms with Crippen LogP contribution in [0.2, 0.25) is 0 Å². The van der Waals surface area contributed by atoms with Gasteiger partial charge < -0.3 is 14.5 Å². The van der Waals surface area contributed by atoms with Crippen LogP contribution in [0.3, 0.4) is 0 Å². The summed E-state index contributed by atoms with van der Waals surface area (Å²) in [6.45, 7) is 8.34. The molecule has 0 aliphatic carbocycles. The van der Waals surface area contributed by atoms with Gasteiger partial charge in [0.25, 0.3) is 0 Å². The van der Waals surface area contributed by atoms with Crippen LogP contribution in [0.4, 0.5) is 0 Å². The van der Waals surface area contributed by atoms with E-state index in [0.29, 0.717) is 25.8 Å². The number of nitrogens with zero attached hydrogens (tertiary/aromatic N) is 3. The van der Waals surface area contributed by atoms with E-state index in [0.717, 1.165) is 31.6 Å². The number of rotatable bonds is 3. The number of amides is 1. The van der Waals surface area contributed by atoms with E-state index < -0.39 is 0 Å². The van der Waals surface area contributed by atoms with Crippen molar-refractivity contribution < 1.29 is 9.53 Å². The minimum absolute atomic E-state index is 0.0214. The molecule has 2 aliphatic heterocycles. The summed E-state index contributed by atoms with van der Waals surface area (Å²) in [6.07, 6.45) is 3.65. The molecule has 6 nitrogen and oxygen atoms in total. The highest BCUT2D eigenvalue weighted by Crippen LogP contribution is 2.28. The largest absolute Gasteiger partial charge is 0.377 e. The predicted molar refractivity (Wildman–Crippen MR) is 83.3 cm³/mol. The lowest BCUT2D eigenvalue weighted by Gasteiger charge is -2.40. The van der Waals surface area contributed by atoms with Gasteiger partial charge in [-0.3, -0.25) is 9.89 Å². The van der Waals surface area contributed by atoms with Crippen molar-refractivity contribution in [2.24, 2.45) is 5.92 Å². The molecule has 1 aromatic rings. The monoisotopic (exact) mass is 306 g/mol. The van der Waals surface area contributed by atoms with Crippen LogP contribution in [0.5, 0.6) is 0 Å². The third-order valence-corrected chi connectivity index (χ3v) is 4.90. The first kappa shape index (κ1) is 15.5. The summed E-state index contributed by atoms with van der Waals surface area (Å²) in [5.41, 5.74) is 0.965. The number of likely N-dealkylation sites (tertiary alicyclic amines) is 1. The molecule has 0 aromatic carbocycles. The fourth-order valence-electron chi connectivity index (χ4n) is 3.47. The average Bonchev–Trinajstić information content (AvgIpc) is 3.08. The quantitative estimate of drug-likeness (QED) is 0.918. The molecule has 1 N–H and O–H groups in total. The van der Waals surface area contributed by atoms with E-state index in [1.807, 2.05) is 11.0 Å². The molecule has 0 spiro atoms. The first-order chi connectivity index (χ1) is 10.7. The number of hydrogen-bond donors (Lipinski definition) is 1. The Labute approximate surface area is 131 Å². The van der Waals surface area contributed by atoms with Gasteiger partial charge in [-0.1, -0.05) is 0 Å². The number of ether oxygens (including phenoxy) is 1. The van der Waals surface area contributed by atoms with Crippen molar-refractivity contribution in [2.75, 3.05) is 32.8 Å². The zero-order valence-electron chi connectivity index (χ0n) is 13.5. The summed E-state index contributed by atoms with van der Waals surface area (Å²) in [6, 6.07) is 2.48. The standard InChI is InChI=1S/C16H26N4O2/c1-12(2)19-7-4-13(5-8-19)16(21)20-9-10-22-11-15(20)14-3-6-17-18-14/h3,6,12-13,15H,4-5,7-11H2,1-2H3,(H,17,18)/t15-/m1/s1. The fraction of sp³-hybridized carbons (Fsp3) is 0.750. The van der Waals surface area contributed by atoms with Gasteiger partial charge in [0.1, 0.15) is 0 Å². The van der Waals surface area contributed by atoms with Gasteiger partial charge in [-0.15, -0.1) is 0 Å². The van der Waals surface area contributed by atoms with E-state index in [9.17, 15) is 4.79 Å². The Kier molecular flexibility index (Phi) is 4.78. The smallest absolute Gasteiger partial charge is 0.226 e. The van der Waals surface area contributed by atoms with Gasteiger partial charge in [-0.05, 0) is 45.8 Å². The fourth-order valence-corrected chi connectivity index (χ4v) is 3.47. The van der Waals surface area contributed by atoms with Crippen LogP contribution in [0, 0.1) is 5.92 Å². The lowest BCUT2D eigenvalue weighted by Crippen LogP contribution is -2.49. The summed E-state index contributed by atoms with van der Waals surface area (Å²) in [7, 11) is 0. The van der Waals surface area contributed by atoms with Crippen LogP contribution in [-0.2, 0) is 9.53 Å². The number of carbonyl (C=O) groups excluding carboxylic acids is 1. The van der Waals surface area contributed by atoms with Gasteiger partial charge in [0.05, 0.1) is 24.9 Å². The predicted octanol–water partition coefficient (Wildman–Crippen LogP) is 1.43. The van der Waals surface area contributed by atoms with Crippen LogP contribution in [0.25, 0.3) is 0 Å². The Morgan fingerprint density at radius 1 is 1.36 bits per heavy atom. The maximum atomic E-state index is 13.0. The number of morpholine rings is 1. The number of hydrogen-bond acceptors (Lipinski definition) is 4. The van der Waals surface area contributed by atoms with E-state index in [-0.39, 0.29) is 17.9 Å². The lowest BCUT2D eigenvalue weighted by molar-refractivity contribution is -0.146. The van der Waals surface area contributed by atoms with Gasteiger partial charge in [0.15, 0.2) is 0 Å². The Balaban J connectivity index is 1.65. The summed E-state index contributed by atoms with van der Waals surface area (Å²) in [5, 5.41) is 6.99. The molecule has 1 aromatic heterocycles. The second-order valence-corrected chi connectivity index (χ2v) is 6.54. The first-order valence-corrected chi connectivity index (χ1v) is 8.28. The molecular formula is C16H26N4O2. The molecule has 2 saturated heterocycles. The summed E-state index contributed by atoms with van der Waals surface area (Å²) in [5.74, 6) is 0.435. The number of aromatic amines is 1. The Hall–Kier alpha value is -1.40. The molecular weight excluding hydrogens is 280 g/mol. The van der Waals surface area contributed by atoms with Crippen molar-refractivity contribution in [3.8, 4) is 0 Å². The molecule has 2 fully saturated rings. The van der Waals surface area contributed by atoms with Gasteiger partial charge in [-0.2, -0.15) is 5.10 Å². The Morgan fingerprint density at radius 3 is 2.77 bits per heavy atom. The lowest BCUT2D eigenvalue weighted by atomic mass is 9.93.